The van der Waals surface area contributed by atoms with Crippen LogP contribution < -0.4 is 20.3 Å². The quantitative estimate of drug-likeness (QED) is 0.208. The molecule has 5 N–H and O–H groups in total. The van der Waals surface area contributed by atoms with Gasteiger partial charge in [-0.1, -0.05) is 6.07 Å². The van der Waals surface area contributed by atoms with E-state index in [9.17, 15) is 36.6 Å². The summed E-state index contributed by atoms with van der Waals surface area (Å²) in [5.74, 6) is -0.912. The van der Waals surface area contributed by atoms with E-state index in [1.54, 1.807) is 12.1 Å². The molecule has 3 amide bonds. The molecule has 0 radical (unpaired) electrons. The van der Waals surface area contributed by atoms with Crippen LogP contribution in [0.15, 0.2) is 47.4 Å². The molecule has 0 aromatic heterocycles. The molecule has 0 spiro atoms. The third-order valence-electron chi connectivity index (χ3n) is 6.35. The molecule has 13 nitrogen and oxygen atoms in total. The van der Waals surface area contributed by atoms with E-state index in [4.69, 9.17) is 0 Å². The second-order valence-electron chi connectivity index (χ2n) is 9.20. The molecule has 38 heavy (non-hydrogen) atoms. The summed E-state index contributed by atoms with van der Waals surface area (Å²) in [7, 11) is -7.72. The fraction of sp³-hybridized carbons (Fsp3) is 0.391. The van der Waals surface area contributed by atoms with Crippen molar-refractivity contribution in [1.82, 2.24) is 14.9 Å². The van der Waals surface area contributed by atoms with Crippen molar-refractivity contribution in [2.24, 2.45) is 0 Å². The van der Waals surface area contributed by atoms with E-state index in [2.05, 4.69) is 14.9 Å². The normalized spacial score (nSPS) is 17.9. The zero-order valence-corrected chi connectivity index (χ0v) is 22.1. The first-order chi connectivity index (χ1) is 17.8. The van der Waals surface area contributed by atoms with Crippen LogP contribution in [0.3, 0.4) is 0 Å². The summed E-state index contributed by atoms with van der Waals surface area (Å²) in [6.45, 7) is 1.06. The zero-order valence-electron chi connectivity index (χ0n) is 20.5. The lowest BCUT2D eigenvalue weighted by molar-refractivity contribution is -0.118. The van der Waals surface area contributed by atoms with Crippen molar-refractivity contribution < 1.29 is 36.6 Å². The number of nitrogens with zero attached hydrogens (tertiary/aromatic N) is 2. The van der Waals surface area contributed by atoms with Crippen molar-refractivity contribution in [3.05, 3.63) is 48.0 Å². The number of nitrogens with one attached hydrogen (secondary N) is 3. The van der Waals surface area contributed by atoms with Gasteiger partial charge in [-0.15, -0.1) is 0 Å². The molecule has 2 aliphatic rings. The molecule has 2 heterocycles. The van der Waals surface area contributed by atoms with E-state index in [0.29, 0.717) is 23.0 Å². The van der Waals surface area contributed by atoms with Crippen molar-refractivity contribution in [2.75, 3.05) is 42.1 Å². The third kappa shape index (κ3) is 6.35. The Labute approximate surface area is 220 Å². The number of benzene rings is 2. The smallest absolute Gasteiger partial charge is 0.338 e. The maximum atomic E-state index is 12.7. The van der Waals surface area contributed by atoms with Gasteiger partial charge >= 0.3 is 6.03 Å². The van der Waals surface area contributed by atoms with Crippen LogP contribution in [0.4, 0.5) is 16.2 Å². The van der Waals surface area contributed by atoms with E-state index in [0.717, 1.165) is 24.8 Å². The van der Waals surface area contributed by atoms with Crippen molar-refractivity contribution in [2.45, 2.75) is 29.9 Å². The van der Waals surface area contributed by atoms with E-state index < -0.39 is 44.6 Å². The molecule has 206 valence electrons. The van der Waals surface area contributed by atoms with E-state index in [1.807, 2.05) is 5.32 Å². The summed E-state index contributed by atoms with van der Waals surface area (Å²) < 4.78 is 51.0. The molecule has 4 rings (SSSR count). The lowest BCUT2D eigenvalue weighted by Crippen LogP contribution is -2.43. The second-order valence-corrected chi connectivity index (χ2v) is 12.8. The Kier molecular flexibility index (Phi) is 7.83. The van der Waals surface area contributed by atoms with Crippen LogP contribution in [0.1, 0.15) is 24.5 Å². The number of sulfonamides is 2. The van der Waals surface area contributed by atoms with E-state index in [1.165, 1.54) is 30.3 Å². The fourth-order valence-corrected chi connectivity index (χ4v) is 6.20. The highest BCUT2D eigenvalue weighted by Gasteiger charge is 2.37. The van der Waals surface area contributed by atoms with Crippen LogP contribution in [0.25, 0.3) is 0 Å². The molecule has 1 atom stereocenters. The third-order valence-corrected chi connectivity index (χ3v) is 8.68. The van der Waals surface area contributed by atoms with Crippen LogP contribution >= 0.6 is 0 Å². The Morgan fingerprint density at radius 2 is 1.71 bits per heavy atom. The number of anilines is 2. The minimum Gasteiger partial charge on any atom is -0.506 e. The average molecular weight is 568 g/mol. The number of urea groups is 1. The zero-order chi connectivity index (χ0) is 27.7. The van der Waals surface area contributed by atoms with Gasteiger partial charge in [-0.05, 0) is 54.8 Å². The lowest BCUT2D eigenvalue weighted by atomic mass is 10.0. The lowest BCUT2D eigenvalue weighted by Gasteiger charge is -2.34. The first kappa shape index (κ1) is 27.6. The molecule has 2 aliphatic heterocycles. The average Bonchev–Trinajstić information content (AvgIpc) is 3.22. The fourth-order valence-electron chi connectivity index (χ4n) is 4.35. The summed E-state index contributed by atoms with van der Waals surface area (Å²) >= 11 is 0. The Morgan fingerprint density at radius 1 is 1.05 bits per heavy atom. The van der Waals surface area contributed by atoms with Gasteiger partial charge in [0.2, 0.25) is 15.9 Å². The highest BCUT2D eigenvalue weighted by atomic mass is 32.2. The SMILES string of the molecule is CS(=O)(=O)Nc1cc([C@@H](O)CNC2CCN(c3ccc(S(=O)(=O)N4CC(=O)NC4=O)cc3)CC2)ccc1O. The van der Waals surface area contributed by atoms with Crippen molar-refractivity contribution in [1.29, 1.82) is 0 Å². The van der Waals surface area contributed by atoms with E-state index >= 15 is 0 Å². The van der Waals surface area contributed by atoms with Gasteiger partial charge in [0.05, 0.1) is 22.9 Å². The standard InChI is InChI=1S/C23H29N5O8S2/c1-37(33,34)26-19-12-15(2-7-20(19)29)21(30)13-24-16-8-10-27(11-9-16)17-3-5-18(6-4-17)38(35,36)28-14-22(31)25-23(28)32/h2-7,12,16,21,24,26,29-30H,8-11,13-14H2,1H3,(H,25,31,32)/t21-/m0/s1. The number of carbonyl (C=O) groups excluding carboxylic acids is 2. The molecule has 0 saturated carbocycles. The number of phenolic OH excluding ortho intramolecular Hbond substituents is 1. The van der Waals surface area contributed by atoms with Crippen LogP contribution in [0, 0.1) is 0 Å². The number of imide groups is 1. The molecule has 2 saturated heterocycles. The van der Waals surface area contributed by atoms with Gasteiger partial charge in [-0.2, -0.15) is 0 Å². The Bertz CT molecular complexity index is 1420. The summed E-state index contributed by atoms with van der Waals surface area (Å²) in [6, 6.07) is 9.53. The van der Waals surface area contributed by atoms with Crippen LogP contribution in [-0.2, 0) is 24.8 Å². The maximum Gasteiger partial charge on any atom is 0.338 e. The van der Waals surface area contributed by atoms with Gasteiger partial charge in [0.1, 0.15) is 12.3 Å². The molecule has 0 bridgehead atoms. The number of piperidine rings is 1. The van der Waals surface area contributed by atoms with E-state index in [-0.39, 0.29) is 28.9 Å². The van der Waals surface area contributed by atoms with Crippen molar-refractivity contribution in [3.63, 3.8) is 0 Å². The molecule has 2 aromatic rings. The van der Waals surface area contributed by atoms with Gasteiger partial charge in [0.15, 0.2) is 0 Å². The summed E-state index contributed by atoms with van der Waals surface area (Å²) in [5.41, 5.74) is 1.26. The van der Waals surface area contributed by atoms with Gasteiger partial charge in [-0.3, -0.25) is 14.8 Å². The van der Waals surface area contributed by atoms with Crippen LogP contribution in [0.2, 0.25) is 0 Å². The number of aliphatic hydroxyl groups is 1. The number of rotatable bonds is 9. The number of aliphatic hydroxyl groups excluding tert-OH is 1. The number of hydrogen-bond acceptors (Lipinski definition) is 10. The number of aromatic hydroxyl groups is 1. The molecular weight excluding hydrogens is 538 g/mol. The number of amides is 3. The maximum absolute atomic E-state index is 12.7. The van der Waals surface area contributed by atoms with Gasteiger partial charge in [-0.25, -0.2) is 25.9 Å². The minimum absolute atomic E-state index is 0.00615. The van der Waals surface area contributed by atoms with Crippen LogP contribution in [-0.4, -0.2) is 81.8 Å². The molecule has 2 fully saturated rings. The number of hydrogen-bond donors (Lipinski definition) is 5. The summed E-state index contributed by atoms with van der Waals surface area (Å²) in [5, 5.41) is 25.7. The largest absolute Gasteiger partial charge is 0.506 e. The topological polar surface area (TPSA) is 185 Å². The van der Waals surface area contributed by atoms with Gasteiger partial charge < -0.3 is 20.4 Å². The molecule has 0 unspecified atom stereocenters. The Hall–Kier alpha value is -3.40. The highest BCUT2D eigenvalue weighted by molar-refractivity contribution is 7.92. The Morgan fingerprint density at radius 3 is 2.29 bits per heavy atom. The summed E-state index contributed by atoms with van der Waals surface area (Å²) in [4.78, 5) is 25.1. The Balaban J connectivity index is 1.30. The summed E-state index contributed by atoms with van der Waals surface area (Å²) in [6.07, 6.45) is 1.58. The predicted molar refractivity (Wildman–Crippen MR) is 139 cm³/mol. The number of phenols is 1. The molecule has 2 aromatic carbocycles. The monoisotopic (exact) mass is 567 g/mol. The molecule has 15 heteroatoms. The molecule has 0 aliphatic carbocycles. The van der Waals surface area contributed by atoms with Crippen molar-refractivity contribution >= 4 is 43.4 Å². The van der Waals surface area contributed by atoms with Crippen LogP contribution in [0.5, 0.6) is 5.75 Å². The number of carbonyl (C=O) groups is 2. The first-order valence-corrected chi connectivity index (χ1v) is 15.1. The van der Waals surface area contributed by atoms with Gasteiger partial charge in [0.25, 0.3) is 10.0 Å². The molecular formula is C23H29N5O8S2. The highest BCUT2D eigenvalue weighted by Crippen LogP contribution is 2.28. The van der Waals surface area contributed by atoms with Crippen molar-refractivity contribution in [3.8, 4) is 5.75 Å². The first-order valence-electron chi connectivity index (χ1n) is 11.8. The predicted octanol–water partition coefficient (Wildman–Crippen LogP) is 0.296. The minimum atomic E-state index is -4.13. The second kappa shape index (κ2) is 10.8. The van der Waals surface area contributed by atoms with Gasteiger partial charge in [0, 0.05) is 31.4 Å².